The fraction of sp³-hybridized carbons (Fsp3) is 0.304. The van der Waals surface area contributed by atoms with E-state index in [0.717, 1.165) is 24.0 Å². The molecule has 0 unspecified atom stereocenters. The first kappa shape index (κ1) is 19.1. The minimum absolute atomic E-state index is 0.0194. The largest absolute Gasteiger partial charge is 0.474 e. The SMILES string of the molecule is Cc1ccc(OC2CCN(C(=O)c3cnc(-c4ccccc4)nc3C)CC2)nc1. The van der Waals surface area contributed by atoms with Gasteiger partial charge in [-0.15, -0.1) is 0 Å². The normalized spacial score (nSPS) is 14.6. The minimum atomic E-state index is -0.0194. The third-order valence-electron chi connectivity index (χ3n) is 5.14. The summed E-state index contributed by atoms with van der Waals surface area (Å²) in [4.78, 5) is 28.1. The van der Waals surface area contributed by atoms with Crippen LogP contribution in [0, 0.1) is 13.8 Å². The zero-order chi connectivity index (χ0) is 20.2. The van der Waals surface area contributed by atoms with Gasteiger partial charge in [0, 0.05) is 50.0 Å². The van der Waals surface area contributed by atoms with Crippen molar-refractivity contribution in [1.82, 2.24) is 19.9 Å². The van der Waals surface area contributed by atoms with E-state index in [1.165, 1.54) is 0 Å². The number of aryl methyl sites for hydroxylation is 2. The van der Waals surface area contributed by atoms with Crippen molar-refractivity contribution in [3.05, 3.63) is 71.7 Å². The van der Waals surface area contributed by atoms with Gasteiger partial charge < -0.3 is 9.64 Å². The number of amides is 1. The van der Waals surface area contributed by atoms with Crippen molar-refractivity contribution < 1.29 is 9.53 Å². The summed E-state index contributed by atoms with van der Waals surface area (Å²) in [5.74, 6) is 1.26. The molecule has 0 aliphatic carbocycles. The molecule has 3 heterocycles. The molecule has 0 N–H and O–H groups in total. The number of aromatic nitrogens is 3. The lowest BCUT2D eigenvalue weighted by atomic mass is 10.1. The van der Waals surface area contributed by atoms with Crippen molar-refractivity contribution in [2.45, 2.75) is 32.8 Å². The number of rotatable bonds is 4. The molecular formula is C23H24N4O2. The van der Waals surface area contributed by atoms with Gasteiger partial charge in [-0.2, -0.15) is 0 Å². The average Bonchev–Trinajstić information content (AvgIpc) is 2.76. The summed E-state index contributed by atoms with van der Waals surface area (Å²) in [7, 11) is 0. The molecule has 1 amide bonds. The van der Waals surface area contributed by atoms with Crippen molar-refractivity contribution >= 4 is 5.91 Å². The molecule has 3 aromatic rings. The zero-order valence-corrected chi connectivity index (χ0v) is 16.7. The van der Waals surface area contributed by atoms with Crippen LogP contribution in [0.5, 0.6) is 5.88 Å². The smallest absolute Gasteiger partial charge is 0.257 e. The minimum Gasteiger partial charge on any atom is -0.474 e. The van der Waals surface area contributed by atoms with E-state index < -0.39 is 0 Å². The van der Waals surface area contributed by atoms with Crippen molar-refractivity contribution in [1.29, 1.82) is 0 Å². The molecule has 6 heteroatoms. The Morgan fingerprint density at radius 3 is 2.41 bits per heavy atom. The summed E-state index contributed by atoms with van der Waals surface area (Å²) in [6.45, 7) is 5.16. The van der Waals surface area contributed by atoms with E-state index in [1.807, 2.05) is 61.2 Å². The van der Waals surface area contributed by atoms with Gasteiger partial charge in [0.2, 0.25) is 5.88 Å². The second-order valence-electron chi connectivity index (χ2n) is 7.34. The van der Waals surface area contributed by atoms with E-state index in [-0.39, 0.29) is 12.0 Å². The molecule has 2 aromatic heterocycles. The van der Waals surface area contributed by atoms with Gasteiger partial charge in [-0.25, -0.2) is 15.0 Å². The number of pyridine rings is 1. The zero-order valence-electron chi connectivity index (χ0n) is 16.7. The van der Waals surface area contributed by atoms with Gasteiger partial charge in [-0.3, -0.25) is 4.79 Å². The molecule has 0 radical (unpaired) electrons. The van der Waals surface area contributed by atoms with E-state index >= 15 is 0 Å². The predicted octanol–water partition coefficient (Wildman–Crippen LogP) is 3.84. The van der Waals surface area contributed by atoms with Crippen LogP contribution in [-0.2, 0) is 0 Å². The quantitative estimate of drug-likeness (QED) is 0.679. The van der Waals surface area contributed by atoms with Crippen LogP contribution in [0.25, 0.3) is 11.4 Å². The first-order chi connectivity index (χ1) is 14.1. The molecule has 1 aliphatic rings. The first-order valence-electron chi connectivity index (χ1n) is 9.88. The Morgan fingerprint density at radius 1 is 1.00 bits per heavy atom. The highest BCUT2D eigenvalue weighted by molar-refractivity contribution is 5.95. The van der Waals surface area contributed by atoms with Crippen LogP contribution in [0.2, 0.25) is 0 Å². The molecule has 6 nitrogen and oxygen atoms in total. The van der Waals surface area contributed by atoms with Crippen molar-refractivity contribution in [2.24, 2.45) is 0 Å². The maximum atomic E-state index is 13.0. The summed E-state index contributed by atoms with van der Waals surface area (Å²) in [6.07, 6.45) is 5.08. The van der Waals surface area contributed by atoms with Gasteiger partial charge in [0.05, 0.1) is 11.3 Å². The van der Waals surface area contributed by atoms with Crippen LogP contribution in [0.3, 0.4) is 0 Å². The average molecular weight is 388 g/mol. The molecule has 1 aromatic carbocycles. The molecule has 4 rings (SSSR count). The second-order valence-corrected chi connectivity index (χ2v) is 7.34. The predicted molar refractivity (Wildman–Crippen MR) is 111 cm³/mol. The van der Waals surface area contributed by atoms with Crippen LogP contribution in [0.15, 0.2) is 54.9 Å². The topological polar surface area (TPSA) is 68.2 Å². The number of carbonyl (C=O) groups excluding carboxylic acids is 1. The Hall–Kier alpha value is -3.28. The van der Waals surface area contributed by atoms with Gasteiger partial charge >= 0.3 is 0 Å². The molecule has 148 valence electrons. The van der Waals surface area contributed by atoms with E-state index in [1.54, 1.807) is 12.4 Å². The van der Waals surface area contributed by atoms with Crippen LogP contribution >= 0.6 is 0 Å². The van der Waals surface area contributed by atoms with E-state index in [4.69, 9.17) is 4.74 Å². The molecule has 0 saturated carbocycles. The lowest BCUT2D eigenvalue weighted by Gasteiger charge is -2.32. The monoisotopic (exact) mass is 388 g/mol. The highest BCUT2D eigenvalue weighted by Crippen LogP contribution is 2.21. The fourth-order valence-corrected chi connectivity index (χ4v) is 3.45. The lowest BCUT2D eigenvalue weighted by Crippen LogP contribution is -2.42. The van der Waals surface area contributed by atoms with E-state index in [2.05, 4.69) is 15.0 Å². The fourth-order valence-electron chi connectivity index (χ4n) is 3.45. The maximum absolute atomic E-state index is 13.0. The number of likely N-dealkylation sites (tertiary alicyclic amines) is 1. The third kappa shape index (κ3) is 4.42. The Morgan fingerprint density at radius 2 is 1.76 bits per heavy atom. The third-order valence-corrected chi connectivity index (χ3v) is 5.14. The highest BCUT2D eigenvalue weighted by atomic mass is 16.5. The first-order valence-corrected chi connectivity index (χ1v) is 9.88. The summed E-state index contributed by atoms with van der Waals surface area (Å²) in [6, 6.07) is 13.7. The maximum Gasteiger partial charge on any atom is 0.257 e. The molecule has 1 fully saturated rings. The molecule has 1 aliphatic heterocycles. The molecular weight excluding hydrogens is 364 g/mol. The molecule has 0 spiro atoms. The Balaban J connectivity index is 1.38. The lowest BCUT2D eigenvalue weighted by molar-refractivity contribution is 0.0586. The Bertz CT molecular complexity index is 982. The highest BCUT2D eigenvalue weighted by Gasteiger charge is 2.26. The van der Waals surface area contributed by atoms with Crippen LogP contribution < -0.4 is 4.74 Å². The number of hydrogen-bond donors (Lipinski definition) is 0. The number of hydrogen-bond acceptors (Lipinski definition) is 5. The number of carbonyl (C=O) groups is 1. The molecule has 1 saturated heterocycles. The van der Waals surface area contributed by atoms with E-state index in [0.29, 0.717) is 36.1 Å². The summed E-state index contributed by atoms with van der Waals surface area (Å²) in [5.41, 5.74) is 3.31. The number of benzene rings is 1. The van der Waals surface area contributed by atoms with Gasteiger partial charge in [0.25, 0.3) is 5.91 Å². The van der Waals surface area contributed by atoms with Gasteiger partial charge in [-0.1, -0.05) is 36.4 Å². The van der Waals surface area contributed by atoms with Gasteiger partial charge in [0.1, 0.15) is 6.10 Å². The number of ether oxygens (including phenoxy) is 1. The van der Waals surface area contributed by atoms with E-state index in [9.17, 15) is 4.79 Å². The van der Waals surface area contributed by atoms with Crippen LogP contribution in [0.1, 0.15) is 34.5 Å². The van der Waals surface area contributed by atoms with Gasteiger partial charge in [-0.05, 0) is 19.4 Å². The van der Waals surface area contributed by atoms with Crippen LogP contribution in [0.4, 0.5) is 0 Å². The summed E-state index contributed by atoms with van der Waals surface area (Å²) < 4.78 is 5.96. The standard InChI is InChI=1S/C23H24N4O2/c1-16-8-9-21(24-14-16)29-19-10-12-27(13-11-19)23(28)20-15-25-22(26-17(20)2)18-6-4-3-5-7-18/h3-9,14-15,19H,10-13H2,1-2H3. The Kier molecular flexibility index (Phi) is 5.51. The second kappa shape index (κ2) is 8.39. The summed E-state index contributed by atoms with van der Waals surface area (Å²) in [5, 5.41) is 0. The molecule has 0 atom stereocenters. The number of piperidine rings is 1. The molecule has 29 heavy (non-hydrogen) atoms. The van der Waals surface area contributed by atoms with Crippen molar-refractivity contribution in [3.63, 3.8) is 0 Å². The van der Waals surface area contributed by atoms with Crippen LogP contribution in [-0.4, -0.2) is 45.0 Å². The van der Waals surface area contributed by atoms with Crippen molar-refractivity contribution in [3.8, 4) is 17.3 Å². The van der Waals surface area contributed by atoms with Gasteiger partial charge in [0.15, 0.2) is 5.82 Å². The molecule has 0 bridgehead atoms. The van der Waals surface area contributed by atoms with Crippen molar-refractivity contribution in [2.75, 3.05) is 13.1 Å². The summed E-state index contributed by atoms with van der Waals surface area (Å²) >= 11 is 0. The number of nitrogens with zero attached hydrogens (tertiary/aromatic N) is 4. The Labute approximate surface area is 170 Å².